The molecule has 2 saturated carbocycles. The van der Waals surface area contributed by atoms with Gasteiger partial charge in [-0.25, -0.2) is 0 Å². The number of benzene rings is 2. The van der Waals surface area contributed by atoms with Crippen LogP contribution in [0.15, 0.2) is 77.9 Å². The quantitative estimate of drug-likeness (QED) is 0.169. The number of allylic oxidation sites excluding steroid dienone is 8. The maximum atomic E-state index is 12.6. The normalized spacial score (nSPS) is 23.7. The molecule has 2 heterocycles. The Balaban J connectivity index is 0.00000329. The summed E-state index contributed by atoms with van der Waals surface area (Å²) in [7, 11) is 0. The highest BCUT2D eigenvalue weighted by Crippen LogP contribution is 2.68. The van der Waals surface area contributed by atoms with Crippen molar-refractivity contribution in [3.8, 4) is 11.3 Å². The van der Waals surface area contributed by atoms with E-state index in [-0.39, 0.29) is 12.6 Å². The number of rotatable bonds is 6. The number of nitrogens with zero attached hydrogens (tertiary/aromatic N) is 1. The van der Waals surface area contributed by atoms with E-state index >= 15 is 0 Å². The van der Waals surface area contributed by atoms with Crippen molar-refractivity contribution in [2.75, 3.05) is 0 Å². The molecule has 7 rings (SSSR count). The van der Waals surface area contributed by atoms with Crippen molar-refractivity contribution >= 4 is 22.8 Å². The van der Waals surface area contributed by atoms with Crippen molar-refractivity contribution in [2.24, 2.45) is 5.41 Å². The predicted molar refractivity (Wildman–Crippen MR) is 177 cm³/mol. The van der Waals surface area contributed by atoms with Crippen LogP contribution in [-0.2, 0) is 13.0 Å². The van der Waals surface area contributed by atoms with Crippen LogP contribution in [0.2, 0.25) is 0 Å². The number of aromatic nitrogens is 1. The molecule has 2 atom stereocenters. The Morgan fingerprint density at radius 2 is 1.93 bits per heavy atom. The zero-order valence-corrected chi connectivity index (χ0v) is 25.4. The van der Waals surface area contributed by atoms with Gasteiger partial charge in [-0.2, -0.15) is 0 Å². The summed E-state index contributed by atoms with van der Waals surface area (Å²) < 4.78 is 2.55. The highest BCUT2D eigenvalue weighted by molar-refractivity contribution is 6.07. The fraction of sp³-hybridized carbons (Fsp3) is 0.375. The van der Waals surface area contributed by atoms with E-state index in [1.165, 1.54) is 100 Å². The molecule has 2 aromatic carbocycles. The summed E-state index contributed by atoms with van der Waals surface area (Å²) in [5.41, 5.74) is 13.7. The van der Waals surface area contributed by atoms with Crippen LogP contribution < -0.4 is 0 Å². The molecule has 3 aromatic rings. The molecule has 3 aliphatic carbocycles. The average Bonchev–Trinajstić information content (AvgIpc) is 3.74. The maximum absolute atomic E-state index is 12.6. The lowest BCUT2D eigenvalue weighted by molar-refractivity contribution is 0.104. The highest BCUT2D eigenvalue weighted by Gasteiger charge is 2.56. The number of fused-ring (bicyclic) bond motifs is 9. The second kappa shape index (κ2) is 10.6. The minimum atomic E-state index is -0.107. The second-order valence-electron chi connectivity index (χ2n) is 13.1. The second-order valence-corrected chi connectivity index (χ2v) is 13.1. The molecule has 0 N–H and O–H groups in total. The highest BCUT2D eigenvalue weighted by atomic mass is 16.1. The molecular weight excluding hydrogens is 510 g/mol. The molecule has 42 heavy (non-hydrogen) atoms. The van der Waals surface area contributed by atoms with Crippen LogP contribution in [0.3, 0.4) is 0 Å². The molecule has 0 spiro atoms. The molecular formula is C40H43NO. The monoisotopic (exact) mass is 553 g/mol. The van der Waals surface area contributed by atoms with E-state index in [0.29, 0.717) is 17.4 Å². The molecule has 0 bridgehead atoms. The standard InChI is InChI=1S/C40H42NO.H/c1-5-7-12-26(3)23-27(4)40-21-20-31-30-15-11-22-41-36-24-29(37(42)6-2)16-17-34(36)38(28-13-9-8-10-14-28)39(41)33(30)19-18-32(31)35(40)25-40;/h2,5-7,12,16-21,23-24,28,35H,8-11,13-15,22,25H2,1,3-4H3;/b6-2?,7-5-,26-12-,27-23+;. The van der Waals surface area contributed by atoms with Gasteiger partial charge in [0.1, 0.15) is 0 Å². The lowest BCUT2D eigenvalue weighted by atomic mass is 9.78. The maximum Gasteiger partial charge on any atom is 0.185 e. The van der Waals surface area contributed by atoms with Crippen LogP contribution in [-0.4, -0.2) is 10.4 Å². The van der Waals surface area contributed by atoms with Gasteiger partial charge in [-0.3, -0.25) is 4.79 Å². The molecule has 2 fully saturated rings. The van der Waals surface area contributed by atoms with E-state index in [4.69, 9.17) is 6.58 Å². The van der Waals surface area contributed by atoms with Crippen LogP contribution in [0.4, 0.5) is 0 Å². The third-order valence-electron chi connectivity index (χ3n) is 10.7. The van der Waals surface area contributed by atoms with E-state index in [1.807, 2.05) is 6.07 Å². The van der Waals surface area contributed by atoms with Gasteiger partial charge in [0.15, 0.2) is 5.78 Å². The van der Waals surface area contributed by atoms with E-state index in [2.05, 4.69) is 86.1 Å². The van der Waals surface area contributed by atoms with Gasteiger partial charge in [0.25, 0.3) is 0 Å². The Labute approximate surface area is 252 Å². The Morgan fingerprint density at radius 1 is 1.10 bits per heavy atom. The van der Waals surface area contributed by atoms with Crippen molar-refractivity contribution < 1.29 is 6.22 Å². The summed E-state index contributed by atoms with van der Waals surface area (Å²) in [5.74, 6) is 1.03. The molecule has 1 aliphatic heterocycles. The first-order chi connectivity index (χ1) is 20.5. The van der Waals surface area contributed by atoms with E-state index in [1.54, 1.807) is 0 Å². The molecule has 214 valence electrons. The van der Waals surface area contributed by atoms with Crippen LogP contribution in [0, 0.1) is 12.0 Å². The smallest absolute Gasteiger partial charge is 0.185 e. The zero-order valence-electron chi connectivity index (χ0n) is 26.4. The van der Waals surface area contributed by atoms with Crippen molar-refractivity contribution in [2.45, 2.75) is 90.5 Å². The molecule has 0 saturated heterocycles. The fourth-order valence-electron chi connectivity index (χ4n) is 8.46. The SMILES string of the molecule is [CH]=CC(=O)c1ccc2c(C3CCCCC3)c3n(c2c1)CCCc1c-3ccc2c1C=CC1(/C(C)=C/C(C)=C\C=C/C)CC21.[H]. The number of hydrogen-bond donors (Lipinski definition) is 0. The molecule has 2 heteroatoms. The van der Waals surface area contributed by atoms with Crippen molar-refractivity contribution in [3.05, 3.63) is 112 Å². The first-order valence-corrected chi connectivity index (χ1v) is 16.1. The summed E-state index contributed by atoms with van der Waals surface area (Å²) in [6.07, 6.45) is 24.8. The van der Waals surface area contributed by atoms with Crippen LogP contribution in [0.25, 0.3) is 28.2 Å². The third kappa shape index (κ3) is 4.25. The number of carbonyl (C=O) groups excluding carboxylic acids is 1. The number of carbonyl (C=O) groups is 1. The van der Waals surface area contributed by atoms with E-state index < -0.39 is 0 Å². The van der Waals surface area contributed by atoms with Gasteiger partial charge < -0.3 is 4.57 Å². The Hall–Kier alpha value is -3.65. The summed E-state index contributed by atoms with van der Waals surface area (Å²) >= 11 is 0. The third-order valence-corrected chi connectivity index (χ3v) is 10.7. The van der Waals surface area contributed by atoms with Crippen LogP contribution in [0.5, 0.6) is 0 Å². The molecule has 2 radical (unpaired) electrons. The van der Waals surface area contributed by atoms with Crippen molar-refractivity contribution in [1.29, 1.82) is 0 Å². The summed E-state index contributed by atoms with van der Waals surface area (Å²) in [5, 5.41) is 1.33. The van der Waals surface area contributed by atoms with Crippen LogP contribution >= 0.6 is 0 Å². The summed E-state index contributed by atoms with van der Waals surface area (Å²) in [4.78, 5) is 12.6. The van der Waals surface area contributed by atoms with Gasteiger partial charge >= 0.3 is 0 Å². The molecule has 1 aromatic heterocycles. The Morgan fingerprint density at radius 3 is 2.71 bits per heavy atom. The predicted octanol–water partition coefficient (Wildman–Crippen LogP) is 10.6. The molecule has 2 nitrogen and oxygen atoms in total. The van der Waals surface area contributed by atoms with E-state index in [0.717, 1.165) is 19.4 Å². The van der Waals surface area contributed by atoms with Gasteiger partial charge in [0, 0.05) is 35.4 Å². The zero-order chi connectivity index (χ0) is 29.0. The largest absolute Gasteiger partial charge is 0.340 e. The van der Waals surface area contributed by atoms with Crippen molar-refractivity contribution in [3.63, 3.8) is 0 Å². The number of ketones is 1. The van der Waals surface area contributed by atoms with Gasteiger partial charge in [0.2, 0.25) is 0 Å². The fourth-order valence-corrected chi connectivity index (χ4v) is 8.46. The first kappa shape index (κ1) is 27.2. The lowest BCUT2D eigenvalue weighted by Crippen LogP contribution is -2.10. The van der Waals surface area contributed by atoms with Gasteiger partial charge in [-0.05, 0) is 99.1 Å². The first-order valence-electron chi connectivity index (χ1n) is 16.1. The number of hydrogen-bond acceptors (Lipinski definition) is 1. The van der Waals surface area contributed by atoms with Crippen molar-refractivity contribution in [1.82, 2.24) is 4.57 Å². The minimum absolute atomic E-state index is 0. The topological polar surface area (TPSA) is 22.0 Å². The van der Waals surface area contributed by atoms with Gasteiger partial charge in [-0.1, -0.05) is 97.7 Å². The molecule has 0 amide bonds. The number of aryl methyl sites for hydroxylation is 1. The molecule has 2 unspecified atom stereocenters. The minimum Gasteiger partial charge on any atom is -0.340 e. The average molecular weight is 554 g/mol. The summed E-state index contributed by atoms with van der Waals surface area (Å²) in [6.45, 7) is 13.2. The Bertz CT molecular complexity index is 1740. The van der Waals surface area contributed by atoms with Crippen LogP contribution in [0.1, 0.15) is 112 Å². The van der Waals surface area contributed by atoms with Gasteiger partial charge in [0.05, 0.1) is 5.69 Å². The van der Waals surface area contributed by atoms with Gasteiger partial charge in [-0.15, -0.1) is 0 Å². The summed E-state index contributed by atoms with van der Waals surface area (Å²) in [6, 6.07) is 11.2. The Kier molecular flexibility index (Phi) is 6.84. The lowest BCUT2D eigenvalue weighted by Gasteiger charge is -2.26. The van der Waals surface area contributed by atoms with E-state index in [9.17, 15) is 4.79 Å². The molecule has 4 aliphatic rings.